The van der Waals surface area contributed by atoms with E-state index in [1.807, 2.05) is 12.2 Å². The molecule has 0 spiro atoms. The van der Waals surface area contributed by atoms with Gasteiger partial charge in [0.05, 0.1) is 26.4 Å². The van der Waals surface area contributed by atoms with Crippen LogP contribution in [0.3, 0.4) is 0 Å². The molecule has 0 aliphatic carbocycles. The van der Waals surface area contributed by atoms with Crippen molar-refractivity contribution in [3.63, 3.8) is 0 Å². The summed E-state index contributed by atoms with van der Waals surface area (Å²) in [5.74, 6) is -4.00. The summed E-state index contributed by atoms with van der Waals surface area (Å²) in [5, 5.41) is 0. The van der Waals surface area contributed by atoms with Crippen molar-refractivity contribution in [3.05, 3.63) is 12.2 Å². The predicted octanol–water partition coefficient (Wildman–Crippen LogP) is 3.37. The van der Waals surface area contributed by atoms with Crippen LogP contribution in [0.4, 0.5) is 0 Å². The molecule has 0 rings (SSSR count). The number of carbonyl (C=O) groups excluding carboxylic acids is 4. The first-order valence-corrected chi connectivity index (χ1v) is 10.7. The maximum absolute atomic E-state index is 11.9. The molecule has 0 aliphatic rings. The third-order valence-corrected chi connectivity index (χ3v) is 4.18. The van der Waals surface area contributed by atoms with Gasteiger partial charge >= 0.3 is 23.9 Å². The molecule has 0 radical (unpaired) electrons. The van der Waals surface area contributed by atoms with Crippen LogP contribution in [0, 0.1) is 11.8 Å². The van der Waals surface area contributed by atoms with Gasteiger partial charge < -0.3 is 18.9 Å². The number of carbonyl (C=O) groups is 4. The van der Waals surface area contributed by atoms with Crippen LogP contribution >= 0.6 is 0 Å². The van der Waals surface area contributed by atoms with Gasteiger partial charge in [-0.25, -0.2) is 0 Å². The van der Waals surface area contributed by atoms with Crippen LogP contribution in [0.25, 0.3) is 0 Å². The Morgan fingerprint density at radius 2 is 0.833 bits per heavy atom. The summed E-state index contributed by atoms with van der Waals surface area (Å²) < 4.78 is 19.8. The maximum atomic E-state index is 11.9. The summed E-state index contributed by atoms with van der Waals surface area (Å²) in [6.07, 6.45) is 7.27. The standard InChI is InChI=1S/C22H36O8/c1-5-27-19(23)17(20(24)28-6-2)15-13-11-9-10-12-14-16-18(21(25)29-7-3)22(26)30-8-4/h9-10,17-18H,5-8,11-16H2,1-4H3/b10-9+. The molecule has 0 fully saturated rings. The quantitative estimate of drug-likeness (QED) is 0.121. The number of allylic oxidation sites excluding steroid dienone is 2. The Hall–Kier alpha value is -2.38. The van der Waals surface area contributed by atoms with Gasteiger partial charge in [0.15, 0.2) is 11.8 Å². The van der Waals surface area contributed by atoms with Crippen molar-refractivity contribution in [1.82, 2.24) is 0 Å². The zero-order valence-corrected chi connectivity index (χ0v) is 18.6. The summed E-state index contributed by atoms with van der Waals surface area (Å²) in [6, 6.07) is 0. The monoisotopic (exact) mass is 428 g/mol. The van der Waals surface area contributed by atoms with Crippen LogP contribution in [-0.4, -0.2) is 50.3 Å². The van der Waals surface area contributed by atoms with Gasteiger partial charge in [-0.2, -0.15) is 0 Å². The van der Waals surface area contributed by atoms with E-state index in [1.54, 1.807) is 27.7 Å². The van der Waals surface area contributed by atoms with Crippen molar-refractivity contribution < 1.29 is 38.1 Å². The van der Waals surface area contributed by atoms with Crippen LogP contribution in [-0.2, 0) is 38.1 Å². The molecule has 0 atom stereocenters. The fraction of sp³-hybridized carbons (Fsp3) is 0.727. The van der Waals surface area contributed by atoms with Crippen LogP contribution < -0.4 is 0 Å². The number of esters is 4. The molecule has 0 heterocycles. The highest BCUT2D eigenvalue weighted by molar-refractivity contribution is 5.95. The van der Waals surface area contributed by atoms with Crippen molar-refractivity contribution in [2.24, 2.45) is 11.8 Å². The molecular weight excluding hydrogens is 392 g/mol. The molecule has 0 aromatic carbocycles. The average molecular weight is 429 g/mol. The molecule has 8 heteroatoms. The fourth-order valence-corrected chi connectivity index (χ4v) is 2.75. The van der Waals surface area contributed by atoms with E-state index in [2.05, 4.69) is 0 Å². The van der Waals surface area contributed by atoms with E-state index in [4.69, 9.17) is 18.9 Å². The van der Waals surface area contributed by atoms with Gasteiger partial charge in [0.25, 0.3) is 0 Å². The van der Waals surface area contributed by atoms with E-state index in [-0.39, 0.29) is 26.4 Å². The minimum atomic E-state index is -0.895. The van der Waals surface area contributed by atoms with Crippen LogP contribution in [0.1, 0.15) is 66.2 Å². The van der Waals surface area contributed by atoms with Crippen LogP contribution in [0.2, 0.25) is 0 Å². The Morgan fingerprint density at radius 1 is 0.567 bits per heavy atom. The minimum absolute atomic E-state index is 0.216. The van der Waals surface area contributed by atoms with Crippen molar-refractivity contribution in [2.45, 2.75) is 66.2 Å². The normalized spacial score (nSPS) is 11.0. The zero-order valence-electron chi connectivity index (χ0n) is 18.6. The van der Waals surface area contributed by atoms with Gasteiger partial charge in [-0.05, 0) is 66.2 Å². The van der Waals surface area contributed by atoms with Crippen molar-refractivity contribution in [2.75, 3.05) is 26.4 Å². The van der Waals surface area contributed by atoms with E-state index in [9.17, 15) is 19.2 Å². The maximum Gasteiger partial charge on any atom is 0.320 e. The largest absolute Gasteiger partial charge is 0.465 e. The molecule has 0 aromatic rings. The smallest absolute Gasteiger partial charge is 0.320 e. The van der Waals surface area contributed by atoms with E-state index < -0.39 is 35.7 Å². The lowest BCUT2D eigenvalue weighted by Gasteiger charge is -2.14. The third-order valence-electron chi connectivity index (χ3n) is 4.18. The Balaban J connectivity index is 4.36. The van der Waals surface area contributed by atoms with Crippen LogP contribution in [0.5, 0.6) is 0 Å². The second kappa shape index (κ2) is 17.5. The molecule has 0 saturated carbocycles. The minimum Gasteiger partial charge on any atom is -0.465 e. The molecule has 0 N–H and O–H groups in total. The number of unbranched alkanes of at least 4 members (excludes halogenated alkanes) is 2. The summed E-state index contributed by atoms with van der Waals surface area (Å²) in [4.78, 5) is 47.7. The molecular formula is C22H36O8. The van der Waals surface area contributed by atoms with Crippen molar-refractivity contribution >= 4 is 23.9 Å². The highest BCUT2D eigenvalue weighted by Gasteiger charge is 2.29. The van der Waals surface area contributed by atoms with E-state index >= 15 is 0 Å². The molecule has 0 saturated heterocycles. The molecule has 30 heavy (non-hydrogen) atoms. The first kappa shape index (κ1) is 27.6. The van der Waals surface area contributed by atoms with Gasteiger partial charge in [-0.1, -0.05) is 12.2 Å². The lowest BCUT2D eigenvalue weighted by molar-refractivity contribution is -0.163. The van der Waals surface area contributed by atoms with Gasteiger partial charge in [-0.3, -0.25) is 19.2 Å². The summed E-state index contributed by atoms with van der Waals surface area (Å²) in [5.41, 5.74) is 0. The van der Waals surface area contributed by atoms with Crippen molar-refractivity contribution in [3.8, 4) is 0 Å². The van der Waals surface area contributed by atoms with E-state index in [0.717, 1.165) is 0 Å². The van der Waals surface area contributed by atoms with E-state index in [0.29, 0.717) is 38.5 Å². The SMILES string of the molecule is CCOC(=O)C(CCC/C=C/CCCC(C(=O)OCC)C(=O)OCC)C(=O)OCC. The first-order chi connectivity index (χ1) is 14.4. The summed E-state index contributed by atoms with van der Waals surface area (Å²) in [6.45, 7) is 7.63. The lowest BCUT2D eigenvalue weighted by Crippen LogP contribution is -2.28. The first-order valence-electron chi connectivity index (χ1n) is 10.7. The number of hydrogen-bond acceptors (Lipinski definition) is 8. The molecule has 0 unspecified atom stereocenters. The Bertz CT molecular complexity index is 471. The highest BCUT2D eigenvalue weighted by Crippen LogP contribution is 2.16. The number of ether oxygens (including phenoxy) is 4. The molecule has 0 aromatic heterocycles. The van der Waals surface area contributed by atoms with Gasteiger partial charge in [0.1, 0.15) is 0 Å². The summed E-state index contributed by atoms with van der Waals surface area (Å²) >= 11 is 0. The molecule has 0 aliphatic heterocycles. The Morgan fingerprint density at radius 3 is 1.07 bits per heavy atom. The zero-order chi connectivity index (χ0) is 22.8. The second-order valence-corrected chi connectivity index (χ2v) is 6.45. The molecule has 172 valence electrons. The lowest BCUT2D eigenvalue weighted by atomic mass is 10.0. The van der Waals surface area contributed by atoms with Gasteiger partial charge in [0, 0.05) is 0 Å². The van der Waals surface area contributed by atoms with Gasteiger partial charge in [-0.15, -0.1) is 0 Å². The predicted molar refractivity (Wildman–Crippen MR) is 110 cm³/mol. The Kier molecular flexibility index (Phi) is 16.1. The molecule has 0 bridgehead atoms. The van der Waals surface area contributed by atoms with Crippen molar-refractivity contribution in [1.29, 1.82) is 0 Å². The number of hydrogen-bond donors (Lipinski definition) is 0. The molecule has 8 nitrogen and oxygen atoms in total. The van der Waals surface area contributed by atoms with Gasteiger partial charge in [0.2, 0.25) is 0 Å². The second-order valence-electron chi connectivity index (χ2n) is 6.45. The summed E-state index contributed by atoms with van der Waals surface area (Å²) in [7, 11) is 0. The highest BCUT2D eigenvalue weighted by atomic mass is 16.6. The Labute approximate surface area is 179 Å². The topological polar surface area (TPSA) is 105 Å². The third kappa shape index (κ3) is 11.6. The fourth-order valence-electron chi connectivity index (χ4n) is 2.75. The average Bonchev–Trinajstić information content (AvgIpc) is 2.70. The number of rotatable bonds is 16. The van der Waals surface area contributed by atoms with E-state index in [1.165, 1.54) is 0 Å². The van der Waals surface area contributed by atoms with Crippen LogP contribution in [0.15, 0.2) is 12.2 Å². The molecule has 0 amide bonds.